The molecule has 4 aromatic rings. The van der Waals surface area contributed by atoms with Crippen molar-refractivity contribution < 1.29 is 27.0 Å². The molecule has 2 heterocycles. The predicted molar refractivity (Wildman–Crippen MR) is 139 cm³/mol. The molecule has 1 aliphatic heterocycles. The molecule has 0 amide bonds. The third-order valence-electron chi connectivity index (χ3n) is 6.38. The molecule has 1 aliphatic rings. The molecule has 8 heteroatoms. The van der Waals surface area contributed by atoms with Crippen LogP contribution in [0.5, 0.6) is 17.2 Å². The maximum Gasteiger partial charge on any atom is 0.271 e. The summed E-state index contributed by atoms with van der Waals surface area (Å²) in [6.45, 7) is 4.69. The van der Waals surface area contributed by atoms with E-state index in [1.807, 2.05) is 25.1 Å². The molecule has 0 N–H and O–H groups in total. The molecule has 194 valence electrons. The Morgan fingerprint density at radius 3 is 2.43 bits per heavy atom. The zero-order valence-electron chi connectivity index (χ0n) is 20.6. The summed E-state index contributed by atoms with van der Waals surface area (Å²) in [6, 6.07) is 16.5. The van der Waals surface area contributed by atoms with E-state index in [1.165, 1.54) is 23.5 Å². The summed E-state index contributed by atoms with van der Waals surface area (Å²) in [6.07, 6.45) is 0.599. The highest BCUT2D eigenvalue weighted by Crippen LogP contribution is 2.49. The largest absolute Gasteiger partial charge is 0.488 e. The molecule has 1 saturated heterocycles. The molecule has 0 bridgehead atoms. The van der Waals surface area contributed by atoms with Crippen LogP contribution in [0.4, 0.5) is 17.6 Å². The van der Waals surface area contributed by atoms with Gasteiger partial charge in [0.2, 0.25) is 0 Å². The van der Waals surface area contributed by atoms with E-state index in [0.717, 1.165) is 48.3 Å². The summed E-state index contributed by atoms with van der Waals surface area (Å²) in [5, 5.41) is 0.795. The maximum absolute atomic E-state index is 14.5. The van der Waals surface area contributed by atoms with Crippen molar-refractivity contribution in [3.05, 3.63) is 77.6 Å². The molecule has 0 spiro atoms. The zero-order chi connectivity index (χ0) is 26.2. The first kappa shape index (κ1) is 25.5. The van der Waals surface area contributed by atoms with Crippen molar-refractivity contribution in [1.82, 2.24) is 4.90 Å². The summed E-state index contributed by atoms with van der Waals surface area (Å²) in [5.41, 5.74) is 0.892. The van der Waals surface area contributed by atoms with Crippen molar-refractivity contribution in [2.24, 2.45) is 0 Å². The number of ether oxygens (including phenoxy) is 2. The Labute approximate surface area is 217 Å². The fourth-order valence-corrected chi connectivity index (χ4v) is 5.76. The van der Waals surface area contributed by atoms with Crippen molar-refractivity contribution >= 4 is 21.4 Å². The third-order valence-corrected chi connectivity index (χ3v) is 7.54. The lowest BCUT2D eigenvalue weighted by molar-refractivity contribution is 0.0177. The van der Waals surface area contributed by atoms with Crippen LogP contribution in [0.25, 0.3) is 20.5 Å². The normalized spacial score (nSPS) is 14.6. The van der Waals surface area contributed by atoms with Crippen LogP contribution in [-0.4, -0.2) is 37.3 Å². The Balaban J connectivity index is 1.43. The van der Waals surface area contributed by atoms with E-state index < -0.39 is 11.7 Å². The first-order valence-electron chi connectivity index (χ1n) is 12.2. The smallest absolute Gasteiger partial charge is 0.271 e. The highest BCUT2D eigenvalue weighted by Gasteiger charge is 2.31. The number of aryl methyl sites for hydroxylation is 1. The Morgan fingerprint density at radius 1 is 1.00 bits per heavy atom. The molecule has 37 heavy (non-hydrogen) atoms. The van der Waals surface area contributed by atoms with Crippen molar-refractivity contribution in [2.45, 2.75) is 32.3 Å². The van der Waals surface area contributed by atoms with E-state index in [4.69, 9.17) is 9.47 Å². The van der Waals surface area contributed by atoms with Gasteiger partial charge in [0.1, 0.15) is 23.4 Å². The van der Waals surface area contributed by atoms with E-state index >= 15 is 0 Å². The van der Waals surface area contributed by atoms with Crippen LogP contribution in [0.3, 0.4) is 0 Å². The Hall–Kier alpha value is -3.10. The average molecular weight is 530 g/mol. The maximum atomic E-state index is 14.5. The first-order valence-corrected chi connectivity index (χ1v) is 13.0. The minimum Gasteiger partial charge on any atom is -0.488 e. The fourth-order valence-electron chi connectivity index (χ4n) is 4.50. The lowest BCUT2D eigenvalue weighted by atomic mass is 10.00. The van der Waals surface area contributed by atoms with E-state index in [1.54, 1.807) is 24.3 Å². The van der Waals surface area contributed by atoms with Crippen LogP contribution in [0.2, 0.25) is 0 Å². The number of hydrogen-bond donors (Lipinski definition) is 0. The van der Waals surface area contributed by atoms with Crippen LogP contribution in [-0.2, 0) is 5.92 Å². The summed E-state index contributed by atoms with van der Waals surface area (Å²) in [7, 11) is 0. The van der Waals surface area contributed by atoms with Crippen molar-refractivity contribution in [2.75, 3.05) is 26.3 Å². The molecule has 3 aromatic carbocycles. The van der Waals surface area contributed by atoms with Crippen molar-refractivity contribution in [3.63, 3.8) is 0 Å². The van der Waals surface area contributed by atoms with Crippen molar-refractivity contribution in [3.8, 4) is 27.7 Å². The lowest BCUT2D eigenvalue weighted by Gasteiger charge is -2.38. The number of halogens is 4. The molecule has 1 aromatic heterocycles. The van der Waals surface area contributed by atoms with Crippen molar-refractivity contribution in [1.29, 1.82) is 0 Å². The standard InChI is InChI=1S/C29H27F4NO2S/c1-18-4-10-24-26(14-18)37-28(23-11-5-19(31)15-25(23)29(2,32)33)27(24)36-21-8-6-20(7-9-21)35-22-16-34(17-22)13-3-12-30/h4-11,14-15,22H,3,12-13,16-17H2,1-2H3. The summed E-state index contributed by atoms with van der Waals surface area (Å²) < 4.78 is 68.4. The van der Waals surface area contributed by atoms with Gasteiger partial charge in [-0.15, -0.1) is 11.3 Å². The SMILES string of the molecule is Cc1ccc2c(Oc3ccc(OC4CN(CCCF)C4)cc3)c(-c3ccc(F)cc3C(C)(F)F)sc2c1. The molecule has 0 unspecified atom stereocenters. The highest BCUT2D eigenvalue weighted by atomic mass is 32.1. The molecule has 0 aliphatic carbocycles. The van der Waals surface area contributed by atoms with Crippen LogP contribution in [0, 0.1) is 12.7 Å². The van der Waals surface area contributed by atoms with Gasteiger partial charge in [-0.2, -0.15) is 0 Å². The minimum absolute atomic E-state index is 0.0645. The van der Waals surface area contributed by atoms with Gasteiger partial charge in [-0.3, -0.25) is 9.29 Å². The van der Waals surface area contributed by atoms with Gasteiger partial charge in [0.15, 0.2) is 5.75 Å². The number of nitrogens with zero attached hydrogens (tertiary/aromatic N) is 1. The molecule has 3 nitrogen and oxygen atoms in total. The molecule has 5 rings (SSSR count). The first-order chi connectivity index (χ1) is 17.7. The number of hydrogen-bond acceptors (Lipinski definition) is 4. The van der Waals surface area contributed by atoms with Gasteiger partial charge in [-0.25, -0.2) is 13.2 Å². The second kappa shape index (κ2) is 10.3. The summed E-state index contributed by atoms with van der Waals surface area (Å²) in [4.78, 5) is 2.66. The highest BCUT2D eigenvalue weighted by molar-refractivity contribution is 7.22. The second-order valence-electron chi connectivity index (χ2n) is 9.45. The monoisotopic (exact) mass is 529 g/mol. The minimum atomic E-state index is -3.23. The Morgan fingerprint density at radius 2 is 1.73 bits per heavy atom. The van der Waals surface area contributed by atoms with E-state index in [9.17, 15) is 17.6 Å². The molecule has 0 radical (unpaired) electrons. The fraction of sp³-hybridized carbons (Fsp3) is 0.310. The molecule has 0 saturated carbocycles. The van der Waals surface area contributed by atoms with Gasteiger partial charge < -0.3 is 9.47 Å². The number of alkyl halides is 3. The van der Waals surface area contributed by atoms with Crippen LogP contribution < -0.4 is 9.47 Å². The summed E-state index contributed by atoms with van der Waals surface area (Å²) >= 11 is 1.34. The van der Waals surface area contributed by atoms with E-state index in [-0.39, 0.29) is 23.9 Å². The number of benzene rings is 3. The van der Waals surface area contributed by atoms with Gasteiger partial charge >= 0.3 is 0 Å². The Kier molecular flexibility index (Phi) is 7.14. The molecule has 0 atom stereocenters. The summed E-state index contributed by atoms with van der Waals surface area (Å²) in [5.74, 6) is -2.28. The van der Waals surface area contributed by atoms with Gasteiger partial charge in [0.05, 0.1) is 11.6 Å². The quantitative estimate of drug-likeness (QED) is 0.203. The van der Waals surface area contributed by atoms with Gasteiger partial charge in [-0.1, -0.05) is 12.1 Å². The number of thiophene rings is 1. The number of fused-ring (bicyclic) bond motifs is 1. The van der Waals surface area contributed by atoms with Crippen LogP contribution >= 0.6 is 11.3 Å². The molecular formula is C29H27F4NO2S. The topological polar surface area (TPSA) is 21.7 Å². The van der Waals surface area contributed by atoms with Gasteiger partial charge in [-0.05, 0) is 67.4 Å². The third kappa shape index (κ3) is 5.60. The second-order valence-corrected chi connectivity index (χ2v) is 10.5. The van der Waals surface area contributed by atoms with Crippen LogP contribution in [0.1, 0.15) is 24.5 Å². The van der Waals surface area contributed by atoms with Gasteiger partial charge in [0, 0.05) is 47.8 Å². The number of likely N-dealkylation sites (tertiary alicyclic amines) is 1. The average Bonchev–Trinajstić information content (AvgIpc) is 3.18. The molecular weight excluding hydrogens is 502 g/mol. The number of rotatable bonds is 9. The van der Waals surface area contributed by atoms with Gasteiger partial charge in [0.25, 0.3) is 5.92 Å². The van der Waals surface area contributed by atoms with E-state index in [0.29, 0.717) is 28.5 Å². The van der Waals surface area contributed by atoms with E-state index in [2.05, 4.69) is 4.90 Å². The lowest BCUT2D eigenvalue weighted by Crippen LogP contribution is -2.53. The Bertz CT molecular complexity index is 1390. The zero-order valence-corrected chi connectivity index (χ0v) is 21.4. The van der Waals surface area contributed by atoms with Crippen LogP contribution in [0.15, 0.2) is 60.7 Å². The predicted octanol–water partition coefficient (Wildman–Crippen LogP) is 8.34. The molecule has 1 fully saturated rings.